The van der Waals surface area contributed by atoms with Gasteiger partial charge in [-0.15, -0.1) is 0 Å². The van der Waals surface area contributed by atoms with E-state index < -0.39 is 0 Å². The molecule has 7 rings (SSSR count). The number of fused-ring (bicyclic) bond motifs is 6. The van der Waals surface area contributed by atoms with Gasteiger partial charge in [-0.05, 0) is 96.9 Å². The van der Waals surface area contributed by atoms with Crippen molar-refractivity contribution in [1.29, 1.82) is 0 Å². The Morgan fingerprint density at radius 2 is 0.703 bits per heavy atom. The Morgan fingerprint density at radius 3 is 1.27 bits per heavy atom. The van der Waals surface area contributed by atoms with Gasteiger partial charge in [-0.25, -0.2) is 0 Å². The lowest BCUT2D eigenvalue weighted by Gasteiger charge is -2.14. The summed E-state index contributed by atoms with van der Waals surface area (Å²) in [4.78, 5) is 0. The van der Waals surface area contributed by atoms with E-state index in [4.69, 9.17) is 0 Å². The second-order valence-corrected chi connectivity index (χ2v) is 9.89. The van der Waals surface area contributed by atoms with Crippen molar-refractivity contribution < 1.29 is 0 Å². The summed E-state index contributed by atoms with van der Waals surface area (Å²) in [6.45, 7) is 2.18. The topological polar surface area (TPSA) is 0 Å². The van der Waals surface area contributed by atoms with Gasteiger partial charge in [0.15, 0.2) is 0 Å². The third-order valence-corrected chi connectivity index (χ3v) is 7.47. The zero-order chi connectivity index (χ0) is 24.8. The molecule has 0 aliphatic heterocycles. The quantitative estimate of drug-likeness (QED) is 0.225. The third-order valence-electron chi connectivity index (χ3n) is 7.47. The highest BCUT2D eigenvalue weighted by Crippen LogP contribution is 2.39. The molecule has 0 N–H and O–H groups in total. The van der Waals surface area contributed by atoms with E-state index in [1.165, 1.54) is 71.3 Å². The second-order valence-electron chi connectivity index (χ2n) is 9.89. The van der Waals surface area contributed by atoms with Crippen LogP contribution in [0.2, 0.25) is 0 Å². The molecule has 0 amide bonds. The van der Waals surface area contributed by atoms with E-state index in [1.807, 2.05) is 0 Å². The minimum Gasteiger partial charge on any atom is -0.0622 e. The van der Waals surface area contributed by atoms with E-state index in [0.29, 0.717) is 0 Å². The molecular formula is C37H26. The van der Waals surface area contributed by atoms with Crippen molar-refractivity contribution in [2.75, 3.05) is 0 Å². The summed E-state index contributed by atoms with van der Waals surface area (Å²) >= 11 is 0. The Bertz CT molecular complexity index is 1850. The Labute approximate surface area is 217 Å². The van der Waals surface area contributed by atoms with Gasteiger partial charge in [-0.3, -0.25) is 0 Å². The normalized spacial score (nSPS) is 11.4. The summed E-state index contributed by atoms with van der Waals surface area (Å²) in [7, 11) is 0. The van der Waals surface area contributed by atoms with Crippen LogP contribution in [0.4, 0.5) is 0 Å². The van der Waals surface area contributed by atoms with Crippen LogP contribution in [0.25, 0.3) is 65.7 Å². The van der Waals surface area contributed by atoms with Crippen LogP contribution < -0.4 is 0 Å². The maximum Gasteiger partial charge on any atom is -0.00927 e. The molecule has 0 heterocycles. The lowest BCUT2D eigenvalue weighted by molar-refractivity contribution is 1.51. The average molecular weight is 471 g/mol. The molecule has 0 aliphatic rings. The summed E-state index contributed by atoms with van der Waals surface area (Å²) in [5, 5.41) is 7.87. The summed E-state index contributed by atoms with van der Waals surface area (Å²) in [6.07, 6.45) is 0. The van der Waals surface area contributed by atoms with Gasteiger partial charge in [-0.1, -0.05) is 121 Å². The minimum absolute atomic E-state index is 1.23. The van der Waals surface area contributed by atoms with Crippen molar-refractivity contribution >= 4 is 32.3 Å². The highest BCUT2D eigenvalue weighted by atomic mass is 14.2. The highest BCUT2D eigenvalue weighted by Gasteiger charge is 2.12. The summed E-state index contributed by atoms with van der Waals surface area (Å²) < 4.78 is 0. The van der Waals surface area contributed by atoms with Crippen molar-refractivity contribution in [1.82, 2.24) is 0 Å². The van der Waals surface area contributed by atoms with Gasteiger partial charge in [-0.2, -0.15) is 0 Å². The van der Waals surface area contributed by atoms with E-state index in [2.05, 4.69) is 146 Å². The molecule has 37 heavy (non-hydrogen) atoms. The van der Waals surface area contributed by atoms with Crippen LogP contribution in [-0.2, 0) is 0 Å². The van der Waals surface area contributed by atoms with Crippen LogP contribution >= 0.6 is 0 Å². The second kappa shape index (κ2) is 8.76. The maximum absolute atomic E-state index is 2.39. The number of aryl methyl sites for hydroxylation is 1. The molecule has 0 radical (unpaired) electrons. The number of hydrogen-bond acceptors (Lipinski definition) is 0. The predicted molar refractivity (Wildman–Crippen MR) is 160 cm³/mol. The molecule has 0 saturated carbocycles. The van der Waals surface area contributed by atoms with Crippen molar-refractivity contribution in [3.05, 3.63) is 145 Å². The van der Waals surface area contributed by atoms with Crippen molar-refractivity contribution in [3.63, 3.8) is 0 Å². The molecule has 174 valence electrons. The van der Waals surface area contributed by atoms with Gasteiger partial charge < -0.3 is 0 Å². The molecule has 0 bridgehead atoms. The molecule has 7 aromatic carbocycles. The monoisotopic (exact) mass is 470 g/mol. The molecule has 0 fully saturated rings. The van der Waals surface area contributed by atoms with E-state index >= 15 is 0 Å². The summed E-state index contributed by atoms with van der Waals surface area (Å²) in [5.41, 5.74) is 8.68. The molecule has 0 aromatic heterocycles. The molecule has 0 unspecified atom stereocenters. The molecule has 0 heteroatoms. The Kier molecular flexibility index (Phi) is 5.11. The lowest BCUT2D eigenvalue weighted by Crippen LogP contribution is -1.88. The van der Waals surface area contributed by atoms with E-state index in [1.54, 1.807) is 0 Å². The number of rotatable bonds is 3. The van der Waals surface area contributed by atoms with Crippen molar-refractivity contribution in [2.45, 2.75) is 6.92 Å². The highest BCUT2D eigenvalue weighted by molar-refractivity contribution is 6.25. The third kappa shape index (κ3) is 3.79. The van der Waals surface area contributed by atoms with Crippen molar-refractivity contribution in [2.24, 2.45) is 0 Å². The first-order chi connectivity index (χ1) is 18.2. The van der Waals surface area contributed by atoms with Crippen molar-refractivity contribution in [3.8, 4) is 33.4 Å². The number of benzene rings is 7. The maximum atomic E-state index is 2.39. The fourth-order valence-electron chi connectivity index (χ4n) is 5.64. The summed E-state index contributed by atoms with van der Waals surface area (Å²) in [6, 6.07) is 50.9. The van der Waals surface area contributed by atoms with Gasteiger partial charge in [0.05, 0.1) is 0 Å². The fourth-order valence-corrected chi connectivity index (χ4v) is 5.64. The molecule has 7 aromatic rings. The van der Waals surface area contributed by atoms with E-state index in [9.17, 15) is 0 Å². The molecule has 0 aliphatic carbocycles. The van der Waals surface area contributed by atoms with Gasteiger partial charge in [0.2, 0.25) is 0 Å². The Hall–Kier alpha value is -4.68. The lowest BCUT2D eigenvalue weighted by atomic mass is 9.89. The van der Waals surface area contributed by atoms with Gasteiger partial charge >= 0.3 is 0 Å². The zero-order valence-electron chi connectivity index (χ0n) is 20.8. The SMILES string of the molecule is Cc1ccc2c3ccccc3c3ccc(-c4cc(-c5ccccc5)cc(-c5ccccc5)c4)cc3c2c1. The average Bonchev–Trinajstić information content (AvgIpc) is 2.97. The van der Waals surface area contributed by atoms with Crippen LogP contribution in [-0.4, -0.2) is 0 Å². The van der Waals surface area contributed by atoms with E-state index in [0.717, 1.165) is 0 Å². The largest absolute Gasteiger partial charge is 0.0622 e. The summed E-state index contributed by atoms with van der Waals surface area (Å²) in [5.74, 6) is 0. The van der Waals surface area contributed by atoms with Crippen LogP contribution in [0.15, 0.2) is 140 Å². The fraction of sp³-hybridized carbons (Fsp3) is 0.0270. The molecular weight excluding hydrogens is 444 g/mol. The molecule has 0 atom stereocenters. The minimum atomic E-state index is 1.23. The van der Waals surface area contributed by atoms with E-state index in [-0.39, 0.29) is 0 Å². The first-order valence-corrected chi connectivity index (χ1v) is 12.9. The standard InChI is InChI=1S/C37H26/c1-25-16-18-34-32-14-8-9-15-33(32)35-19-17-28(24-37(35)36(34)20-25)31-22-29(26-10-4-2-5-11-26)21-30(23-31)27-12-6-3-7-13-27/h2-24H,1H3. The Balaban J connectivity index is 1.52. The first-order valence-electron chi connectivity index (χ1n) is 12.9. The number of hydrogen-bond donors (Lipinski definition) is 0. The van der Waals surface area contributed by atoms with Gasteiger partial charge in [0.25, 0.3) is 0 Å². The van der Waals surface area contributed by atoms with Crippen LogP contribution in [0.5, 0.6) is 0 Å². The molecule has 0 saturated heterocycles. The van der Waals surface area contributed by atoms with Crippen LogP contribution in [0, 0.1) is 6.92 Å². The first kappa shape index (κ1) is 21.6. The Morgan fingerprint density at radius 1 is 0.270 bits per heavy atom. The molecule has 0 spiro atoms. The van der Waals surface area contributed by atoms with Gasteiger partial charge in [0, 0.05) is 0 Å². The molecule has 0 nitrogen and oxygen atoms in total. The van der Waals surface area contributed by atoms with Crippen LogP contribution in [0.1, 0.15) is 5.56 Å². The van der Waals surface area contributed by atoms with Gasteiger partial charge in [0.1, 0.15) is 0 Å². The predicted octanol–water partition coefficient (Wildman–Crippen LogP) is 10.5. The zero-order valence-corrected chi connectivity index (χ0v) is 20.8. The van der Waals surface area contributed by atoms with Crippen LogP contribution in [0.3, 0.4) is 0 Å². The smallest absolute Gasteiger partial charge is 0.00927 e.